The number of carbonyl (C=O) groups is 1. The van der Waals surface area contributed by atoms with Crippen molar-refractivity contribution < 1.29 is 9.90 Å². The molecule has 110 valence electrons. The molecule has 20 heavy (non-hydrogen) atoms. The third kappa shape index (κ3) is 3.12. The first kappa shape index (κ1) is 14.9. The number of amides is 1. The van der Waals surface area contributed by atoms with E-state index in [2.05, 4.69) is 5.32 Å². The molecule has 0 aromatic heterocycles. The summed E-state index contributed by atoms with van der Waals surface area (Å²) >= 11 is 0. The van der Waals surface area contributed by atoms with Gasteiger partial charge in [0.25, 0.3) is 5.91 Å². The van der Waals surface area contributed by atoms with E-state index >= 15 is 0 Å². The molecule has 4 nitrogen and oxygen atoms in total. The van der Waals surface area contributed by atoms with Gasteiger partial charge in [-0.1, -0.05) is 12.5 Å². The molecule has 2 atom stereocenters. The van der Waals surface area contributed by atoms with Gasteiger partial charge in [-0.2, -0.15) is 0 Å². The highest BCUT2D eigenvalue weighted by atomic mass is 16.3. The largest absolute Gasteiger partial charge is 0.398 e. The van der Waals surface area contributed by atoms with E-state index in [-0.39, 0.29) is 12.5 Å². The quantitative estimate of drug-likeness (QED) is 0.736. The summed E-state index contributed by atoms with van der Waals surface area (Å²) in [6.45, 7) is 4.72. The highest BCUT2D eigenvalue weighted by molar-refractivity contribution is 5.96. The summed E-state index contributed by atoms with van der Waals surface area (Å²) in [5.41, 5.74) is 9.11. The van der Waals surface area contributed by atoms with Crippen LogP contribution in [0.2, 0.25) is 0 Å². The van der Waals surface area contributed by atoms with Crippen LogP contribution in [0.4, 0.5) is 5.69 Å². The van der Waals surface area contributed by atoms with Crippen molar-refractivity contribution in [2.24, 2.45) is 11.8 Å². The Morgan fingerprint density at radius 2 is 2.00 bits per heavy atom. The molecule has 1 fully saturated rings. The van der Waals surface area contributed by atoms with Crippen LogP contribution in [0, 0.1) is 25.7 Å². The van der Waals surface area contributed by atoms with Crippen LogP contribution < -0.4 is 11.1 Å². The van der Waals surface area contributed by atoms with Gasteiger partial charge in [0, 0.05) is 24.4 Å². The van der Waals surface area contributed by atoms with Crippen LogP contribution in [0.1, 0.15) is 40.7 Å². The molecule has 4 heteroatoms. The number of anilines is 1. The predicted octanol–water partition coefficient (Wildman–Crippen LogP) is 2.02. The van der Waals surface area contributed by atoms with Gasteiger partial charge in [-0.25, -0.2) is 0 Å². The number of aryl methyl sites for hydroxylation is 2. The van der Waals surface area contributed by atoms with E-state index in [1.54, 1.807) is 6.07 Å². The van der Waals surface area contributed by atoms with Gasteiger partial charge in [0.15, 0.2) is 0 Å². The van der Waals surface area contributed by atoms with Gasteiger partial charge in [-0.3, -0.25) is 4.79 Å². The van der Waals surface area contributed by atoms with E-state index in [0.29, 0.717) is 29.6 Å². The molecule has 1 aliphatic rings. The van der Waals surface area contributed by atoms with Crippen molar-refractivity contribution in [1.29, 1.82) is 0 Å². The highest BCUT2D eigenvalue weighted by Gasteiger charge is 2.27. The van der Waals surface area contributed by atoms with Gasteiger partial charge >= 0.3 is 0 Å². The fourth-order valence-electron chi connectivity index (χ4n) is 3.06. The SMILES string of the molecule is Cc1cc(C)c(C(=O)NCC2CCCC2CO)cc1N. The number of aliphatic hydroxyl groups excluding tert-OH is 1. The Labute approximate surface area is 120 Å². The highest BCUT2D eigenvalue weighted by Crippen LogP contribution is 2.30. The first-order valence-electron chi connectivity index (χ1n) is 7.28. The lowest BCUT2D eigenvalue weighted by molar-refractivity contribution is 0.0937. The number of nitrogens with two attached hydrogens (primary N) is 1. The summed E-state index contributed by atoms with van der Waals surface area (Å²) < 4.78 is 0. The lowest BCUT2D eigenvalue weighted by atomic mass is 9.96. The van der Waals surface area contributed by atoms with Crippen molar-refractivity contribution in [3.8, 4) is 0 Å². The Balaban J connectivity index is 2.00. The number of nitrogens with one attached hydrogen (secondary N) is 1. The standard InChI is InChI=1S/C16H24N2O2/c1-10-6-11(2)15(17)7-14(10)16(20)18-8-12-4-3-5-13(12)9-19/h6-7,12-13,19H,3-5,8-9,17H2,1-2H3,(H,18,20). The third-order valence-electron chi connectivity index (χ3n) is 4.43. The lowest BCUT2D eigenvalue weighted by Crippen LogP contribution is -2.32. The molecule has 0 saturated heterocycles. The monoisotopic (exact) mass is 276 g/mol. The average Bonchev–Trinajstić information content (AvgIpc) is 2.87. The summed E-state index contributed by atoms with van der Waals surface area (Å²) in [4.78, 5) is 12.3. The minimum Gasteiger partial charge on any atom is -0.398 e. The van der Waals surface area contributed by atoms with Crippen LogP contribution in [0.25, 0.3) is 0 Å². The zero-order chi connectivity index (χ0) is 14.7. The maximum Gasteiger partial charge on any atom is 0.251 e. The van der Waals surface area contributed by atoms with Crippen molar-refractivity contribution >= 4 is 11.6 Å². The second-order valence-corrected chi connectivity index (χ2v) is 5.87. The number of benzene rings is 1. The predicted molar refractivity (Wildman–Crippen MR) is 80.6 cm³/mol. The van der Waals surface area contributed by atoms with Gasteiger partial charge in [-0.05, 0) is 55.7 Å². The molecule has 1 aromatic rings. The molecule has 4 N–H and O–H groups in total. The molecule has 0 radical (unpaired) electrons. The summed E-state index contributed by atoms with van der Waals surface area (Å²) in [6, 6.07) is 3.69. The molecule has 2 rings (SSSR count). The van der Waals surface area contributed by atoms with Crippen LogP contribution >= 0.6 is 0 Å². The Hall–Kier alpha value is -1.55. The second-order valence-electron chi connectivity index (χ2n) is 5.87. The van der Waals surface area contributed by atoms with Crippen molar-refractivity contribution in [3.05, 3.63) is 28.8 Å². The zero-order valence-electron chi connectivity index (χ0n) is 12.3. The van der Waals surface area contributed by atoms with Crippen LogP contribution in [-0.2, 0) is 0 Å². The molecule has 0 spiro atoms. The molecule has 0 aliphatic heterocycles. The molecule has 1 aromatic carbocycles. The molecule has 1 aliphatic carbocycles. The fraction of sp³-hybridized carbons (Fsp3) is 0.562. The summed E-state index contributed by atoms with van der Waals surface area (Å²) in [6.07, 6.45) is 3.29. The molecule has 1 saturated carbocycles. The summed E-state index contributed by atoms with van der Waals surface area (Å²) in [5.74, 6) is 0.657. The maximum absolute atomic E-state index is 12.3. The van der Waals surface area contributed by atoms with Crippen molar-refractivity contribution in [2.45, 2.75) is 33.1 Å². The van der Waals surface area contributed by atoms with Crippen LogP contribution in [0.15, 0.2) is 12.1 Å². The van der Waals surface area contributed by atoms with Gasteiger partial charge in [0.05, 0.1) is 0 Å². The Kier molecular flexibility index (Phi) is 4.65. The average molecular weight is 276 g/mol. The maximum atomic E-state index is 12.3. The molecule has 2 unspecified atom stereocenters. The number of carbonyl (C=O) groups excluding carboxylic acids is 1. The Bertz CT molecular complexity index is 499. The lowest BCUT2D eigenvalue weighted by Gasteiger charge is -2.18. The zero-order valence-corrected chi connectivity index (χ0v) is 12.3. The summed E-state index contributed by atoms with van der Waals surface area (Å²) in [7, 11) is 0. The number of hydrogen-bond acceptors (Lipinski definition) is 3. The number of rotatable bonds is 4. The smallest absolute Gasteiger partial charge is 0.251 e. The van der Waals surface area contributed by atoms with Crippen molar-refractivity contribution in [3.63, 3.8) is 0 Å². The molecular weight excluding hydrogens is 252 g/mol. The van der Waals surface area contributed by atoms with Crippen LogP contribution in [0.3, 0.4) is 0 Å². The number of hydrogen-bond donors (Lipinski definition) is 3. The topological polar surface area (TPSA) is 75.3 Å². The van der Waals surface area contributed by atoms with E-state index < -0.39 is 0 Å². The van der Waals surface area contributed by atoms with Crippen LogP contribution in [0.5, 0.6) is 0 Å². The molecular formula is C16H24N2O2. The van der Waals surface area contributed by atoms with Crippen LogP contribution in [-0.4, -0.2) is 24.2 Å². The fourth-order valence-corrected chi connectivity index (χ4v) is 3.06. The minimum atomic E-state index is -0.0715. The Morgan fingerprint density at radius 3 is 2.70 bits per heavy atom. The Morgan fingerprint density at radius 1 is 1.30 bits per heavy atom. The van der Waals surface area contributed by atoms with E-state index in [1.165, 1.54) is 0 Å². The first-order valence-corrected chi connectivity index (χ1v) is 7.28. The number of aliphatic hydroxyl groups is 1. The van der Waals surface area contributed by atoms with Gasteiger partial charge in [0.1, 0.15) is 0 Å². The third-order valence-corrected chi connectivity index (χ3v) is 4.43. The number of nitrogen functional groups attached to an aromatic ring is 1. The normalized spacial score (nSPS) is 21.9. The molecule has 0 bridgehead atoms. The first-order chi connectivity index (χ1) is 9.52. The van der Waals surface area contributed by atoms with E-state index in [1.807, 2.05) is 19.9 Å². The summed E-state index contributed by atoms with van der Waals surface area (Å²) in [5, 5.41) is 12.3. The van der Waals surface area contributed by atoms with Crippen molar-refractivity contribution in [1.82, 2.24) is 5.32 Å². The van der Waals surface area contributed by atoms with Gasteiger partial charge in [0.2, 0.25) is 0 Å². The van der Waals surface area contributed by atoms with Gasteiger partial charge < -0.3 is 16.2 Å². The van der Waals surface area contributed by atoms with E-state index in [4.69, 9.17) is 5.73 Å². The molecule has 1 amide bonds. The molecule has 0 heterocycles. The second kappa shape index (κ2) is 6.27. The van der Waals surface area contributed by atoms with Gasteiger partial charge in [-0.15, -0.1) is 0 Å². The van der Waals surface area contributed by atoms with E-state index in [0.717, 1.165) is 30.4 Å². The minimum absolute atomic E-state index is 0.0715. The van der Waals surface area contributed by atoms with Crippen molar-refractivity contribution in [2.75, 3.05) is 18.9 Å². The van der Waals surface area contributed by atoms with E-state index in [9.17, 15) is 9.90 Å².